The molecule has 0 saturated carbocycles. The standard InChI is InChI=1S/C26H23N3O4/c1-18(30)21-13-8-14-23(15-21)33-17-22(31)16-29-26(32)27-24(19-9-4-2-5-10-19)25(28-29)20-11-6-3-7-12-20/h2-15,22,31H,16-17H2,1H3. The number of ether oxygens (including phenoxy) is 1. The van der Waals surface area contributed by atoms with E-state index in [1.807, 2.05) is 60.7 Å². The van der Waals surface area contributed by atoms with Crippen molar-refractivity contribution in [3.63, 3.8) is 0 Å². The molecule has 3 aromatic carbocycles. The highest BCUT2D eigenvalue weighted by Gasteiger charge is 2.17. The van der Waals surface area contributed by atoms with Crippen LogP contribution in [0.1, 0.15) is 17.3 Å². The molecule has 0 bridgehead atoms. The molecule has 0 aliphatic rings. The van der Waals surface area contributed by atoms with Crippen LogP contribution >= 0.6 is 0 Å². The van der Waals surface area contributed by atoms with Gasteiger partial charge in [-0.05, 0) is 19.1 Å². The number of nitrogens with zero attached hydrogens (tertiary/aromatic N) is 3. The molecule has 7 nitrogen and oxygen atoms in total. The molecule has 1 unspecified atom stereocenters. The lowest BCUT2D eigenvalue weighted by Crippen LogP contribution is -2.34. The number of rotatable bonds is 8. The molecule has 0 spiro atoms. The number of hydrogen-bond acceptors (Lipinski definition) is 6. The van der Waals surface area contributed by atoms with Crippen LogP contribution in [0.4, 0.5) is 0 Å². The average Bonchev–Trinajstić information content (AvgIpc) is 2.85. The van der Waals surface area contributed by atoms with Crippen molar-refractivity contribution < 1.29 is 14.6 Å². The first-order valence-electron chi connectivity index (χ1n) is 10.5. The van der Waals surface area contributed by atoms with Gasteiger partial charge in [-0.3, -0.25) is 4.79 Å². The lowest BCUT2D eigenvalue weighted by molar-refractivity contribution is 0.0875. The van der Waals surface area contributed by atoms with Crippen LogP contribution in [0.15, 0.2) is 89.7 Å². The first kappa shape index (κ1) is 22.1. The second-order valence-corrected chi connectivity index (χ2v) is 7.55. The third-order valence-electron chi connectivity index (χ3n) is 5.03. The predicted molar refractivity (Wildman–Crippen MR) is 125 cm³/mol. The Kier molecular flexibility index (Phi) is 6.71. The Morgan fingerprint density at radius 1 is 0.939 bits per heavy atom. The summed E-state index contributed by atoms with van der Waals surface area (Å²) in [6.07, 6.45) is -1.01. The Morgan fingerprint density at radius 3 is 2.21 bits per heavy atom. The van der Waals surface area contributed by atoms with Crippen LogP contribution in [0.2, 0.25) is 0 Å². The summed E-state index contributed by atoms with van der Waals surface area (Å²) in [6.45, 7) is 1.31. The van der Waals surface area contributed by atoms with Crippen molar-refractivity contribution in [2.75, 3.05) is 6.61 Å². The van der Waals surface area contributed by atoms with Crippen molar-refractivity contribution in [1.82, 2.24) is 14.8 Å². The van der Waals surface area contributed by atoms with Gasteiger partial charge in [0.15, 0.2) is 5.78 Å². The third kappa shape index (κ3) is 5.39. The molecule has 0 radical (unpaired) electrons. The minimum Gasteiger partial charge on any atom is -0.491 e. The summed E-state index contributed by atoms with van der Waals surface area (Å²) in [6, 6.07) is 25.6. The lowest BCUT2D eigenvalue weighted by Gasteiger charge is -2.15. The van der Waals surface area contributed by atoms with E-state index >= 15 is 0 Å². The molecule has 1 N–H and O–H groups in total. The van der Waals surface area contributed by atoms with Gasteiger partial charge in [0.25, 0.3) is 0 Å². The van der Waals surface area contributed by atoms with Crippen LogP contribution in [0.3, 0.4) is 0 Å². The smallest absolute Gasteiger partial charge is 0.364 e. The summed E-state index contributed by atoms with van der Waals surface area (Å²) in [5.41, 5.74) is 2.57. The fourth-order valence-electron chi connectivity index (χ4n) is 3.37. The molecule has 0 saturated heterocycles. The van der Waals surface area contributed by atoms with E-state index in [1.54, 1.807) is 24.3 Å². The second kappa shape index (κ2) is 10.0. The molecular weight excluding hydrogens is 418 g/mol. The Labute approximate surface area is 190 Å². The summed E-state index contributed by atoms with van der Waals surface area (Å²) in [5.74, 6) is 0.388. The first-order valence-corrected chi connectivity index (χ1v) is 10.5. The summed E-state index contributed by atoms with van der Waals surface area (Å²) in [4.78, 5) is 28.5. The zero-order valence-corrected chi connectivity index (χ0v) is 18.1. The van der Waals surface area contributed by atoms with Gasteiger partial charge in [0, 0.05) is 16.7 Å². The fourth-order valence-corrected chi connectivity index (χ4v) is 3.37. The zero-order valence-electron chi connectivity index (χ0n) is 18.1. The molecule has 0 aliphatic carbocycles. The Morgan fingerprint density at radius 2 is 1.58 bits per heavy atom. The van der Waals surface area contributed by atoms with Gasteiger partial charge in [-0.25, -0.2) is 9.48 Å². The number of carbonyl (C=O) groups excluding carboxylic acids is 1. The molecule has 7 heteroatoms. The Balaban J connectivity index is 1.58. The average molecular weight is 441 g/mol. The fraction of sp³-hybridized carbons (Fsp3) is 0.154. The van der Waals surface area contributed by atoms with Crippen molar-refractivity contribution in [2.24, 2.45) is 0 Å². The van der Waals surface area contributed by atoms with Crippen LogP contribution in [0, 0.1) is 0 Å². The maximum Gasteiger partial charge on any atom is 0.364 e. The molecule has 0 fully saturated rings. The number of hydrogen-bond donors (Lipinski definition) is 1. The maximum atomic E-state index is 12.7. The Bertz CT molecular complexity index is 1300. The van der Waals surface area contributed by atoms with Crippen molar-refractivity contribution in [2.45, 2.75) is 19.6 Å². The van der Waals surface area contributed by atoms with Gasteiger partial charge in [-0.15, -0.1) is 0 Å². The van der Waals surface area contributed by atoms with E-state index in [9.17, 15) is 14.7 Å². The molecular formula is C26H23N3O4. The van der Waals surface area contributed by atoms with Gasteiger partial charge in [-0.2, -0.15) is 10.1 Å². The number of Topliss-reactive ketones (excluding diaryl/α,β-unsaturated/α-hetero) is 1. The van der Waals surface area contributed by atoms with Crippen LogP contribution in [-0.4, -0.2) is 38.4 Å². The van der Waals surface area contributed by atoms with E-state index in [0.717, 1.165) is 15.8 Å². The van der Waals surface area contributed by atoms with Gasteiger partial charge >= 0.3 is 5.69 Å². The van der Waals surface area contributed by atoms with E-state index in [-0.39, 0.29) is 18.9 Å². The van der Waals surface area contributed by atoms with Crippen LogP contribution in [-0.2, 0) is 6.54 Å². The number of aliphatic hydroxyl groups is 1. The number of aromatic nitrogens is 3. The molecule has 0 aliphatic heterocycles. The largest absolute Gasteiger partial charge is 0.491 e. The van der Waals surface area contributed by atoms with Crippen molar-refractivity contribution >= 4 is 5.78 Å². The van der Waals surface area contributed by atoms with Gasteiger partial charge in [0.2, 0.25) is 0 Å². The van der Waals surface area contributed by atoms with Gasteiger partial charge in [0.1, 0.15) is 29.8 Å². The lowest BCUT2D eigenvalue weighted by atomic mass is 10.0. The van der Waals surface area contributed by atoms with Crippen molar-refractivity contribution in [3.05, 3.63) is 101 Å². The summed E-state index contributed by atoms with van der Waals surface area (Å²) in [7, 11) is 0. The van der Waals surface area contributed by atoms with E-state index < -0.39 is 11.8 Å². The number of aliphatic hydroxyl groups excluding tert-OH is 1. The predicted octanol–water partition coefficient (Wildman–Crippen LogP) is 3.61. The number of ketones is 1. The van der Waals surface area contributed by atoms with E-state index in [4.69, 9.17) is 4.74 Å². The van der Waals surface area contributed by atoms with Crippen LogP contribution in [0.25, 0.3) is 22.5 Å². The molecule has 4 aromatic rings. The third-order valence-corrected chi connectivity index (χ3v) is 5.03. The molecule has 1 heterocycles. The molecule has 1 aromatic heterocycles. The maximum absolute atomic E-state index is 12.7. The molecule has 33 heavy (non-hydrogen) atoms. The van der Waals surface area contributed by atoms with Gasteiger partial charge in [-0.1, -0.05) is 72.8 Å². The molecule has 4 rings (SSSR count). The molecule has 1 atom stereocenters. The quantitative estimate of drug-likeness (QED) is 0.420. The minimum atomic E-state index is -1.01. The molecule has 166 valence electrons. The monoisotopic (exact) mass is 441 g/mol. The number of carbonyl (C=O) groups is 1. The second-order valence-electron chi connectivity index (χ2n) is 7.55. The highest BCUT2D eigenvalue weighted by Crippen LogP contribution is 2.27. The summed E-state index contributed by atoms with van der Waals surface area (Å²) in [5, 5.41) is 15.0. The summed E-state index contributed by atoms with van der Waals surface area (Å²) < 4.78 is 6.76. The Hall–Kier alpha value is -4.10. The highest BCUT2D eigenvalue weighted by atomic mass is 16.5. The highest BCUT2D eigenvalue weighted by molar-refractivity contribution is 5.94. The van der Waals surface area contributed by atoms with Crippen molar-refractivity contribution in [1.29, 1.82) is 0 Å². The zero-order chi connectivity index (χ0) is 23.2. The first-order chi connectivity index (χ1) is 16.0. The van der Waals surface area contributed by atoms with Crippen LogP contribution in [0.5, 0.6) is 5.75 Å². The van der Waals surface area contributed by atoms with Gasteiger partial charge in [0.05, 0.1) is 6.54 Å². The molecule has 0 amide bonds. The van der Waals surface area contributed by atoms with Gasteiger partial charge < -0.3 is 9.84 Å². The van der Waals surface area contributed by atoms with E-state index in [0.29, 0.717) is 22.7 Å². The topological polar surface area (TPSA) is 94.3 Å². The van der Waals surface area contributed by atoms with Crippen LogP contribution < -0.4 is 10.4 Å². The van der Waals surface area contributed by atoms with Crippen molar-refractivity contribution in [3.8, 4) is 28.3 Å². The minimum absolute atomic E-state index is 0.0728. The van der Waals surface area contributed by atoms with E-state index in [2.05, 4.69) is 10.1 Å². The normalized spacial score (nSPS) is 11.7. The number of benzene rings is 3. The summed E-state index contributed by atoms with van der Waals surface area (Å²) >= 11 is 0. The van der Waals surface area contributed by atoms with E-state index in [1.165, 1.54) is 6.92 Å². The SMILES string of the molecule is CC(=O)c1cccc(OCC(O)Cn2nc(-c3ccccc3)c(-c3ccccc3)nc2=O)c1.